The maximum atomic E-state index is 11.4. The van der Waals surface area contributed by atoms with Crippen LogP contribution in [0.3, 0.4) is 0 Å². The summed E-state index contributed by atoms with van der Waals surface area (Å²) in [5.41, 5.74) is 0. The molecule has 0 aromatic heterocycles. The number of urea groups is 1. The zero-order valence-electron chi connectivity index (χ0n) is 9.68. The molecule has 0 aromatic rings. The molecular weight excluding hydrogens is 228 g/mol. The number of ether oxygens (including phenoxy) is 1. The van der Waals surface area contributed by atoms with E-state index < -0.39 is 24.1 Å². The predicted molar refractivity (Wildman–Crippen MR) is 58.6 cm³/mol. The Labute approximate surface area is 99.1 Å². The summed E-state index contributed by atoms with van der Waals surface area (Å²) in [6, 6.07) is -1.89. The van der Waals surface area contributed by atoms with E-state index in [9.17, 15) is 9.59 Å². The van der Waals surface area contributed by atoms with Crippen molar-refractivity contribution in [2.45, 2.75) is 25.5 Å². The lowest BCUT2D eigenvalue weighted by molar-refractivity contribution is -0.141. The minimum Gasteiger partial charge on any atom is -0.480 e. The van der Waals surface area contributed by atoms with Crippen molar-refractivity contribution in [2.75, 3.05) is 19.8 Å². The molecule has 1 fully saturated rings. The zero-order valence-corrected chi connectivity index (χ0v) is 9.68. The second kappa shape index (κ2) is 6.41. The number of aliphatic hydroxyl groups excluding tert-OH is 1. The molecule has 17 heavy (non-hydrogen) atoms. The Kier molecular flexibility index (Phi) is 5.17. The molecule has 98 valence electrons. The Morgan fingerprint density at radius 3 is 2.71 bits per heavy atom. The van der Waals surface area contributed by atoms with Crippen molar-refractivity contribution in [2.24, 2.45) is 5.92 Å². The zero-order chi connectivity index (χ0) is 12.8. The molecule has 0 spiro atoms. The molecule has 4 N–H and O–H groups in total. The number of amides is 2. The van der Waals surface area contributed by atoms with Crippen LogP contribution in [-0.4, -0.2) is 54.1 Å². The summed E-state index contributed by atoms with van der Waals surface area (Å²) in [5.74, 6) is -0.991. The third-order valence-electron chi connectivity index (χ3n) is 2.61. The third kappa shape index (κ3) is 4.58. The van der Waals surface area contributed by atoms with Gasteiger partial charge in [-0.25, -0.2) is 9.59 Å². The van der Waals surface area contributed by atoms with Crippen LogP contribution in [0.1, 0.15) is 13.3 Å². The van der Waals surface area contributed by atoms with Crippen LogP contribution in [0.15, 0.2) is 0 Å². The summed E-state index contributed by atoms with van der Waals surface area (Å²) in [6.07, 6.45) is -0.257. The first-order chi connectivity index (χ1) is 8.00. The molecule has 0 saturated carbocycles. The van der Waals surface area contributed by atoms with E-state index in [-0.39, 0.29) is 5.92 Å². The summed E-state index contributed by atoms with van der Waals surface area (Å²) >= 11 is 0. The van der Waals surface area contributed by atoms with Gasteiger partial charge in [0.2, 0.25) is 0 Å². The van der Waals surface area contributed by atoms with Gasteiger partial charge in [-0.1, -0.05) is 0 Å². The van der Waals surface area contributed by atoms with Gasteiger partial charge in [0, 0.05) is 19.1 Å². The van der Waals surface area contributed by atoms with E-state index in [1.165, 1.54) is 6.92 Å². The van der Waals surface area contributed by atoms with E-state index in [0.29, 0.717) is 19.8 Å². The van der Waals surface area contributed by atoms with Gasteiger partial charge < -0.3 is 25.6 Å². The quantitative estimate of drug-likeness (QED) is 0.505. The number of rotatable bonds is 5. The highest BCUT2D eigenvalue weighted by molar-refractivity contribution is 5.82. The summed E-state index contributed by atoms with van der Waals surface area (Å²) in [7, 11) is 0. The fourth-order valence-corrected chi connectivity index (χ4v) is 1.56. The molecule has 1 aliphatic heterocycles. The van der Waals surface area contributed by atoms with E-state index in [0.717, 1.165) is 6.42 Å². The molecule has 1 rings (SSSR count). The highest BCUT2D eigenvalue weighted by atomic mass is 16.5. The van der Waals surface area contributed by atoms with Crippen LogP contribution in [0, 0.1) is 5.92 Å². The van der Waals surface area contributed by atoms with Crippen LogP contribution in [0.5, 0.6) is 0 Å². The Morgan fingerprint density at radius 2 is 2.24 bits per heavy atom. The first-order valence-electron chi connectivity index (χ1n) is 5.53. The molecule has 1 aliphatic rings. The first kappa shape index (κ1) is 13.7. The van der Waals surface area contributed by atoms with E-state index in [4.69, 9.17) is 14.9 Å². The van der Waals surface area contributed by atoms with Crippen molar-refractivity contribution in [3.63, 3.8) is 0 Å². The summed E-state index contributed by atoms with van der Waals surface area (Å²) in [6.45, 7) is 3.06. The largest absolute Gasteiger partial charge is 0.480 e. The van der Waals surface area contributed by atoms with Crippen LogP contribution in [-0.2, 0) is 9.53 Å². The van der Waals surface area contributed by atoms with Gasteiger partial charge in [0.1, 0.15) is 0 Å². The van der Waals surface area contributed by atoms with Gasteiger partial charge in [0.15, 0.2) is 6.04 Å². The molecule has 0 aliphatic carbocycles. The maximum absolute atomic E-state index is 11.4. The number of carboxylic acid groups (broad SMARTS) is 1. The topological polar surface area (TPSA) is 108 Å². The van der Waals surface area contributed by atoms with Gasteiger partial charge in [-0.15, -0.1) is 0 Å². The van der Waals surface area contributed by atoms with Crippen LogP contribution in [0.4, 0.5) is 4.79 Å². The van der Waals surface area contributed by atoms with Crippen molar-refractivity contribution in [3.8, 4) is 0 Å². The van der Waals surface area contributed by atoms with Crippen molar-refractivity contribution in [3.05, 3.63) is 0 Å². The Morgan fingerprint density at radius 1 is 1.53 bits per heavy atom. The van der Waals surface area contributed by atoms with Gasteiger partial charge in [-0.2, -0.15) is 0 Å². The second-order valence-corrected chi connectivity index (χ2v) is 4.14. The highest BCUT2D eigenvalue weighted by Crippen LogP contribution is 2.10. The van der Waals surface area contributed by atoms with Crippen molar-refractivity contribution in [1.82, 2.24) is 10.6 Å². The molecule has 3 unspecified atom stereocenters. The lowest BCUT2D eigenvalue weighted by Crippen LogP contribution is -2.51. The molecular formula is C10H18N2O5. The standard InChI is InChI=1S/C10H18N2O5/c1-6(13)8(9(14)15)12-10(16)11-4-7-2-3-17-5-7/h6-8,13H,2-5H2,1H3,(H,14,15)(H2,11,12,16). The van der Waals surface area contributed by atoms with Crippen molar-refractivity contribution in [1.29, 1.82) is 0 Å². The smallest absolute Gasteiger partial charge is 0.328 e. The number of carbonyl (C=O) groups excluding carboxylic acids is 1. The van der Waals surface area contributed by atoms with Crippen LogP contribution >= 0.6 is 0 Å². The molecule has 2 amide bonds. The van der Waals surface area contributed by atoms with Crippen molar-refractivity contribution >= 4 is 12.0 Å². The monoisotopic (exact) mass is 246 g/mol. The molecule has 0 aromatic carbocycles. The second-order valence-electron chi connectivity index (χ2n) is 4.14. The fourth-order valence-electron chi connectivity index (χ4n) is 1.56. The minimum absolute atomic E-state index is 0.274. The predicted octanol–water partition coefficient (Wildman–Crippen LogP) is -0.844. The van der Waals surface area contributed by atoms with Crippen LogP contribution < -0.4 is 10.6 Å². The van der Waals surface area contributed by atoms with Crippen molar-refractivity contribution < 1.29 is 24.5 Å². The summed E-state index contributed by atoms with van der Waals surface area (Å²) in [5, 5.41) is 22.7. The SMILES string of the molecule is CC(O)C(NC(=O)NCC1CCOC1)C(=O)O. The van der Waals surface area contributed by atoms with E-state index in [1.54, 1.807) is 0 Å². The summed E-state index contributed by atoms with van der Waals surface area (Å²) in [4.78, 5) is 22.1. The van der Waals surface area contributed by atoms with E-state index in [1.807, 2.05) is 0 Å². The molecule has 1 saturated heterocycles. The number of aliphatic carboxylic acids is 1. The van der Waals surface area contributed by atoms with Crippen LogP contribution in [0.25, 0.3) is 0 Å². The number of nitrogens with one attached hydrogen (secondary N) is 2. The maximum Gasteiger partial charge on any atom is 0.328 e. The number of hydrogen-bond acceptors (Lipinski definition) is 4. The molecule has 7 heteroatoms. The molecule has 7 nitrogen and oxygen atoms in total. The van der Waals surface area contributed by atoms with E-state index in [2.05, 4.69) is 10.6 Å². The Bertz CT molecular complexity index is 276. The minimum atomic E-state index is -1.30. The first-order valence-corrected chi connectivity index (χ1v) is 5.53. The van der Waals surface area contributed by atoms with Gasteiger partial charge in [0.25, 0.3) is 0 Å². The lowest BCUT2D eigenvalue weighted by Gasteiger charge is -2.18. The molecule has 0 bridgehead atoms. The normalized spacial score (nSPS) is 22.8. The van der Waals surface area contributed by atoms with E-state index >= 15 is 0 Å². The lowest BCUT2D eigenvalue weighted by atomic mass is 10.1. The van der Waals surface area contributed by atoms with Gasteiger partial charge in [0.05, 0.1) is 12.7 Å². The van der Waals surface area contributed by atoms with Gasteiger partial charge >= 0.3 is 12.0 Å². The average molecular weight is 246 g/mol. The molecule has 3 atom stereocenters. The number of carboxylic acids is 1. The average Bonchev–Trinajstić information content (AvgIpc) is 2.74. The Hall–Kier alpha value is -1.34. The van der Waals surface area contributed by atoms with Gasteiger partial charge in [-0.05, 0) is 13.3 Å². The number of hydrogen-bond donors (Lipinski definition) is 4. The summed E-state index contributed by atoms with van der Waals surface area (Å²) < 4.78 is 5.14. The number of aliphatic hydroxyl groups is 1. The highest BCUT2D eigenvalue weighted by Gasteiger charge is 2.25. The van der Waals surface area contributed by atoms with Crippen LogP contribution in [0.2, 0.25) is 0 Å². The third-order valence-corrected chi connectivity index (χ3v) is 2.61. The molecule has 1 heterocycles. The molecule has 0 radical (unpaired) electrons. The van der Waals surface area contributed by atoms with Gasteiger partial charge in [-0.3, -0.25) is 0 Å². The Balaban J connectivity index is 2.29. The fraction of sp³-hybridized carbons (Fsp3) is 0.800. The number of carbonyl (C=O) groups is 2.